The van der Waals surface area contributed by atoms with Crippen LogP contribution in [0.3, 0.4) is 0 Å². The lowest BCUT2D eigenvalue weighted by Crippen LogP contribution is -2.28. The number of carboxylic acids is 1. The van der Waals surface area contributed by atoms with Crippen molar-refractivity contribution in [2.45, 2.75) is 38.6 Å². The Balaban J connectivity index is 3.09. The molecule has 0 aliphatic rings. The summed E-state index contributed by atoms with van der Waals surface area (Å²) in [7, 11) is -1.95. The van der Waals surface area contributed by atoms with Crippen molar-refractivity contribution in [3.8, 4) is 0 Å². The molecule has 20 heavy (non-hydrogen) atoms. The molecular weight excluding hydrogens is 278 g/mol. The first kappa shape index (κ1) is 16.3. The average molecular weight is 297 g/mol. The normalized spacial score (nSPS) is 12.9. The molecule has 0 bridgehead atoms. The summed E-state index contributed by atoms with van der Waals surface area (Å²) in [5.74, 6) is -0.937. The van der Waals surface area contributed by atoms with Gasteiger partial charge in [0.05, 0.1) is 16.6 Å². The second kappa shape index (κ2) is 6.62. The Bertz CT molecular complexity index is 498. The van der Waals surface area contributed by atoms with E-state index in [9.17, 15) is 14.9 Å². The third-order valence-electron chi connectivity index (χ3n) is 2.60. The van der Waals surface area contributed by atoms with E-state index in [0.29, 0.717) is 5.56 Å². The Morgan fingerprint density at radius 3 is 2.50 bits per heavy atom. The lowest BCUT2D eigenvalue weighted by atomic mass is 10.0. The molecule has 0 saturated carbocycles. The SMILES string of the molecule is C[Si](C)(C)OC(CCC(=O)O)c1ccccc1[N+](=O)[O-]. The molecular formula is C13H19NO5Si. The fourth-order valence-corrected chi connectivity index (χ4v) is 2.98. The summed E-state index contributed by atoms with van der Waals surface area (Å²) in [6, 6.07) is 6.33. The van der Waals surface area contributed by atoms with Crippen LogP contribution in [0.5, 0.6) is 0 Å². The molecule has 1 aromatic carbocycles. The summed E-state index contributed by atoms with van der Waals surface area (Å²) in [6.45, 7) is 5.90. The largest absolute Gasteiger partial charge is 0.481 e. The van der Waals surface area contributed by atoms with E-state index in [1.807, 2.05) is 19.6 Å². The Hall–Kier alpha value is -1.73. The molecule has 1 unspecified atom stereocenters. The van der Waals surface area contributed by atoms with Crippen LogP contribution in [0, 0.1) is 10.1 Å². The molecule has 6 nitrogen and oxygen atoms in total. The van der Waals surface area contributed by atoms with E-state index >= 15 is 0 Å². The Labute approximate surface area is 118 Å². The zero-order valence-corrected chi connectivity index (χ0v) is 12.8. The maximum absolute atomic E-state index is 11.1. The number of carbonyl (C=O) groups is 1. The van der Waals surface area contributed by atoms with Crippen LogP contribution < -0.4 is 0 Å². The third-order valence-corrected chi connectivity index (χ3v) is 3.59. The van der Waals surface area contributed by atoms with Gasteiger partial charge in [0.15, 0.2) is 8.32 Å². The fourth-order valence-electron chi connectivity index (χ4n) is 1.89. The number of nitro benzene ring substituents is 1. The summed E-state index contributed by atoms with van der Waals surface area (Å²) >= 11 is 0. The summed E-state index contributed by atoms with van der Waals surface area (Å²) in [5, 5.41) is 19.9. The maximum Gasteiger partial charge on any atom is 0.303 e. The van der Waals surface area contributed by atoms with E-state index in [0.717, 1.165) is 0 Å². The van der Waals surface area contributed by atoms with Gasteiger partial charge in [-0.05, 0) is 32.1 Å². The van der Waals surface area contributed by atoms with E-state index in [4.69, 9.17) is 9.53 Å². The van der Waals surface area contributed by atoms with E-state index in [1.54, 1.807) is 18.2 Å². The molecule has 110 valence electrons. The fraction of sp³-hybridized carbons (Fsp3) is 0.462. The Morgan fingerprint density at radius 1 is 1.40 bits per heavy atom. The minimum atomic E-state index is -1.95. The lowest BCUT2D eigenvalue weighted by Gasteiger charge is -2.26. The van der Waals surface area contributed by atoms with Crippen molar-refractivity contribution in [1.29, 1.82) is 0 Å². The second-order valence-electron chi connectivity index (χ2n) is 5.47. The van der Waals surface area contributed by atoms with Crippen molar-refractivity contribution >= 4 is 20.0 Å². The highest BCUT2D eigenvalue weighted by molar-refractivity contribution is 6.69. The first-order chi connectivity index (χ1) is 9.20. The van der Waals surface area contributed by atoms with Crippen LogP contribution in [-0.2, 0) is 9.22 Å². The molecule has 0 fully saturated rings. The first-order valence-electron chi connectivity index (χ1n) is 6.33. The predicted molar refractivity (Wildman–Crippen MR) is 77.1 cm³/mol. The molecule has 0 radical (unpaired) electrons. The highest BCUT2D eigenvalue weighted by Crippen LogP contribution is 2.32. The molecule has 0 heterocycles. The number of nitrogens with zero attached hydrogens (tertiary/aromatic N) is 1. The molecule has 1 N–H and O–H groups in total. The molecule has 7 heteroatoms. The lowest BCUT2D eigenvalue weighted by molar-refractivity contribution is -0.386. The summed E-state index contributed by atoms with van der Waals surface area (Å²) < 4.78 is 5.94. The minimum Gasteiger partial charge on any atom is -0.481 e. The van der Waals surface area contributed by atoms with Crippen molar-refractivity contribution < 1.29 is 19.3 Å². The molecule has 1 rings (SSSR count). The van der Waals surface area contributed by atoms with Gasteiger partial charge < -0.3 is 9.53 Å². The maximum atomic E-state index is 11.1. The van der Waals surface area contributed by atoms with Gasteiger partial charge in [-0.1, -0.05) is 12.1 Å². The number of benzene rings is 1. The molecule has 0 amide bonds. The number of rotatable bonds is 7. The van der Waals surface area contributed by atoms with Crippen molar-refractivity contribution in [2.24, 2.45) is 0 Å². The van der Waals surface area contributed by atoms with Gasteiger partial charge in [-0.15, -0.1) is 0 Å². The molecule has 0 spiro atoms. The first-order valence-corrected chi connectivity index (χ1v) is 9.74. The zero-order valence-electron chi connectivity index (χ0n) is 11.8. The molecule has 0 aliphatic heterocycles. The number of nitro groups is 1. The van der Waals surface area contributed by atoms with Gasteiger partial charge in [0.2, 0.25) is 0 Å². The van der Waals surface area contributed by atoms with Gasteiger partial charge in [-0.25, -0.2) is 0 Å². The third kappa shape index (κ3) is 5.10. The number of para-hydroxylation sites is 1. The quantitative estimate of drug-likeness (QED) is 0.473. The van der Waals surface area contributed by atoms with Gasteiger partial charge in [-0.2, -0.15) is 0 Å². The standard InChI is InChI=1S/C13H19NO5Si/c1-20(2,3)19-12(8-9-13(15)16)10-6-4-5-7-11(10)14(17)18/h4-7,12H,8-9H2,1-3H3,(H,15,16). The monoisotopic (exact) mass is 297 g/mol. The number of hydrogen-bond acceptors (Lipinski definition) is 4. The van der Waals surface area contributed by atoms with E-state index in [2.05, 4.69) is 0 Å². The highest BCUT2D eigenvalue weighted by Gasteiger charge is 2.27. The van der Waals surface area contributed by atoms with E-state index in [-0.39, 0.29) is 18.5 Å². The molecule has 1 atom stereocenters. The number of aliphatic carboxylic acids is 1. The van der Waals surface area contributed by atoms with Gasteiger partial charge in [0.25, 0.3) is 5.69 Å². The Kier molecular flexibility index (Phi) is 5.40. The van der Waals surface area contributed by atoms with Crippen LogP contribution in [0.15, 0.2) is 24.3 Å². The van der Waals surface area contributed by atoms with Crippen LogP contribution in [0.4, 0.5) is 5.69 Å². The van der Waals surface area contributed by atoms with Crippen molar-refractivity contribution in [2.75, 3.05) is 0 Å². The molecule has 0 aliphatic carbocycles. The van der Waals surface area contributed by atoms with Crippen LogP contribution in [0.2, 0.25) is 19.6 Å². The van der Waals surface area contributed by atoms with Crippen molar-refractivity contribution in [3.05, 3.63) is 39.9 Å². The summed E-state index contributed by atoms with van der Waals surface area (Å²) in [4.78, 5) is 21.4. The zero-order chi connectivity index (χ0) is 15.3. The molecule has 0 saturated heterocycles. The van der Waals surface area contributed by atoms with Crippen LogP contribution in [-0.4, -0.2) is 24.3 Å². The van der Waals surface area contributed by atoms with Crippen LogP contribution >= 0.6 is 0 Å². The Morgan fingerprint density at radius 2 is 2.00 bits per heavy atom. The van der Waals surface area contributed by atoms with Gasteiger partial charge in [0, 0.05) is 12.5 Å². The molecule has 0 aromatic heterocycles. The summed E-state index contributed by atoms with van der Waals surface area (Å²) in [5.41, 5.74) is 0.419. The topological polar surface area (TPSA) is 89.7 Å². The predicted octanol–water partition coefficient (Wildman–Crippen LogP) is 3.35. The molecule has 1 aromatic rings. The highest BCUT2D eigenvalue weighted by atomic mass is 28.4. The average Bonchev–Trinajstić information content (AvgIpc) is 2.33. The minimum absolute atomic E-state index is 0.0267. The van der Waals surface area contributed by atoms with Crippen molar-refractivity contribution in [3.63, 3.8) is 0 Å². The summed E-state index contributed by atoms with van der Waals surface area (Å²) in [6.07, 6.45) is -0.412. The van der Waals surface area contributed by atoms with Crippen LogP contribution in [0.1, 0.15) is 24.5 Å². The smallest absolute Gasteiger partial charge is 0.303 e. The number of carboxylic acid groups (broad SMARTS) is 1. The second-order valence-corrected chi connectivity index (χ2v) is 9.93. The van der Waals surface area contributed by atoms with Crippen LogP contribution in [0.25, 0.3) is 0 Å². The van der Waals surface area contributed by atoms with Crippen molar-refractivity contribution in [1.82, 2.24) is 0 Å². The van der Waals surface area contributed by atoms with Gasteiger partial charge in [-0.3, -0.25) is 14.9 Å². The number of hydrogen-bond donors (Lipinski definition) is 1. The van der Waals surface area contributed by atoms with Gasteiger partial charge >= 0.3 is 5.97 Å². The van der Waals surface area contributed by atoms with Gasteiger partial charge in [0.1, 0.15) is 0 Å². The van der Waals surface area contributed by atoms with E-state index in [1.165, 1.54) is 6.07 Å². The van der Waals surface area contributed by atoms with E-state index < -0.39 is 25.3 Å².